The first kappa shape index (κ1) is 30.2. The third-order valence-corrected chi connectivity index (χ3v) is 8.58. The molecule has 208 valence electrons. The van der Waals surface area contributed by atoms with Crippen LogP contribution in [0.1, 0.15) is 43.9 Å². The quantitative estimate of drug-likeness (QED) is 0.331. The second-order valence-electron chi connectivity index (χ2n) is 9.81. The van der Waals surface area contributed by atoms with Gasteiger partial charge in [0.25, 0.3) is 10.0 Å². The molecule has 0 aliphatic carbocycles. The maximum absolute atomic E-state index is 14.0. The summed E-state index contributed by atoms with van der Waals surface area (Å²) in [6.45, 7) is 8.89. The van der Waals surface area contributed by atoms with Crippen molar-refractivity contribution in [3.63, 3.8) is 0 Å². The summed E-state index contributed by atoms with van der Waals surface area (Å²) >= 11 is 6.05. The first-order valence-electron chi connectivity index (χ1n) is 12.9. The monoisotopic (exact) mass is 569 g/mol. The van der Waals surface area contributed by atoms with Gasteiger partial charge in [-0.05, 0) is 87.2 Å². The van der Waals surface area contributed by atoms with E-state index in [4.69, 9.17) is 11.6 Å². The maximum atomic E-state index is 14.0. The van der Waals surface area contributed by atoms with Crippen LogP contribution in [0.15, 0.2) is 77.7 Å². The number of amides is 2. The van der Waals surface area contributed by atoms with Crippen molar-refractivity contribution in [1.82, 2.24) is 10.2 Å². The number of nitrogens with zero attached hydrogens (tertiary/aromatic N) is 2. The lowest BCUT2D eigenvalue weighted by molar-refractivity contribution is -0.139. The van der Waals surface area contributed by atoms with Crippen molar-refractivity contribution in [2.45, 2.75) is 64.6 Å². The molecule has 0 aromatic heterocycles. The zero-order valence-electron chi connectivity index (χ0n) is 23.0. The van der Waals surface area contributed by atoms with Crippen LogP contribution in [-0.2, 0) is 26.2 Å². The van der Waals surface area contributed by atoms with Crippen molar-refractivity contribution in [3.8, 4) is 0 Å². The van der Waals surface area contributed by atoms with Gasteiger partial charge in [0.2, 0.25) is 11.8 Å². The summed E-state index contributed by atoms with van der Waals surface area (Å²) in [6.07, 6.45) is 0.736. The van der Waals surface area contributed by atoms with Crippen LogP contribution in [0.2, 0.25) is 5.02 Å². The highest BCUT2D eigenvalue weighted by atomic mass is 35.5. The van der Waals surface area contributed by atoms with Crippen molar-refractivity contribution in [3.05, 3.63) is 94.5 Å². The Morgan fingerprint density at radius 2 is 1.51 bits per heavy atom. The van der Waals surface area contributed by atoms with Gasteiger partial charge in [0.05, 0.1) is 10.6 Å². The molecule has 0 bridgehead atoms. The van der Waals surface area contributed by atoms with E-state index in [2.05, 4.69) is 5.32 Å². The predicted octanol–water partition coefficient (Wildman–Crippen LogP) is 5.48. The Morgan fingerprint density at radius 3 is 2.08 bits per heavy atom. The molecule has 0 unspecified atom stereocenters. The van der Waals surface area contributed by atoms with Crippen molar-refractivity contribution in [1.29, 1.82) is 0 Å². The lowest BCUT2D eigenvalue weighted by Crippen LogP contribution is -2.52. The van der Waals surface area contributed by atoms with Gasteiger partial charge >= 0.3 is 0 Å². The number of aryl methyl sites for hydroxylation is 2. The van der Waals surface area contributed by atoms with E-state index in [9.17, 15) is 18.0 Å². The van der Waals surface area contributed by atoms with Crippen LogP contribution in [0.25, 0.3) is 0 Å². The van der Waals surface area contributed by atoms with Gasteiger partial charge in [0.15, 0.2) is 0 Å². The van der Waals surface area contributed by atoms with Crippen LogP contribution in [0.4, 0.5) is 5.69 Å². The van der Waals surface area contributed by atoms with E-state index in [1.807, 2.05) is 33.8 Å². The first-order valence-corrected chi connectivity index (χ1v) is 14.7. The number of carbonyl (C=O) groups excluding carboxylic acids is 2. The summed E-state index contributed by atoms with van der Waals surface area (Å²) in [4.78, 5) is 28.6. The molecule has 39 heavy (non-hydrogen) atoms. The minimum absolute atomic E-state index is 0.0716. The fourth-order valence-electron chi connectivity index (χ4n) is 4.18. The molecule has 2 atom stereocenters. The smallest absolute Gasteiger partial charge is 0.264 e. The summed E-state index contributed by atoms with van der Waals surface area (Å²) in [5.41, 5.74) is 2.88. The zero-order chi connectivity index (χ0) is 28.7. The van der Waals surface area contributed by atoms with Gasteiger partial charge < -0.3 is 10.2 Å². The van der Waals surface area contributed by atoms with Crippen LogP contribution < -0.4 is 9.62 Å². The highest BCUT2D eigenvalue weighted by Crippen LogP contribution is 2.26. The molecule has 0 radical (unpaired) electrons. The molecular weight excluding hydrogens is 534 g/mol. The molecule has 0 aliphatic heterocycles. The lowest BCUT2D eigenvalue weighted by Gasteiger charge is -2.32. The van der Waals surface area contributed by atoms with E-state index in [0.29, 0.717) is 10.7 Å². The second kappa shape index (κ2) is 13.1. The van der Waals surface area contributed by atoms with Crippen LogP contribution in [0.5, 0.6) is 0 Å². The molecule has 0 heterocycles. The number of rotatable bonds is 11. The fourth-order valence-corrected chi connectivity index (χ4v) is 5.72. The number of nitrogens with one attached hydrogen (secondary N) is 1. The molecular formula is C30H36ClN3O4S. The molecule has 3 aromatic rings. The summed E-state index contributed by atoms with van der Waals surface area (Å²) in [6, 6.07) is 19.5. The van der Waals surface area contributed by atoms with Crippen LogP contribution in [0.3, 0.4) is 0 Å². The summed E-state index contributed by atoms with van der Waals surface area (Å²) in [5.74, 6) is -0.814. The average Bonchev–Trinajstić information content (AvgIpc) is 2.90. The van der Waals surface area contributed by atoms with E-state index in [0.717, 1.165) is 27.4 Å². The normalized spacial score (nSPS) is 12.9. The number of sulfonamides is 1. The molecule has 0 saturated heterocycles. The third-order valence-electron chi connectivity index (χ3n) is 6.54. The van der Waals surface area contributed by atoms with E-state index in [-0.39, 0.29) is 23.4 Å². The number of carbonyl (C=O) groups is 2. The molecule has 2 amide bonds. The van der Waals surface area contributed by atoms with Gasteiger partial charge in [-0.25, -0.2) is 8.42 Å². The van der Waals surface area contributed by atoms with Crippen LogP contribution in [-0.4, -0.2) is 43.8 Å². The third kappa shape index (κ3) is 7.83. The summed E-state index contributed by atoms with van der Waals surface area (Å²) in [7, 11) is -4.10. The van der Waals surface area contributed by atoms with E-state index in [1.165, 1.54) is 17.0 Å². The van der Waals surface area contributed by atoms with Gasteiger partial charge in [-0.2, -0.15) is 0 Å². The number of hydrogen-bond acceptors (Lipinski definition) is 4. The molecule has 1 N–H and O–H groups in total. The van der Waals surface area contributed by atoms with E-state index < -0.39 is 28.5 Å². The fraction of sp³-hybridized carbons (Fsp3) is 0.333. The molecule has 3 rings (SSSR count). The van der Waals surface area contributed by atoms with Crippen molar-refractivity contribution >= 4 is 39.1 Å². The van der Waals surface area contributed by atoms with Crippen LogP contribution >= 0.6 is 11.6 Å². The summed E-state index contributed by atoms with van der Waals surface area (Å²) in [5, 5.41) is 3.48. The van der Waals surface area contributed by atoms with Crippen LogP contribution in [0, 0.1) is 13.8 Å². The van der Waals surface area contributed by atoms with E-state index >= 15 is 0 Å². The lowest BCUT2D eigenvalue weighted by atomic mass is 10.1. The summed E-state index contributed by atoms with van der Waals surface area (Å²) < 4.78 is 28.8. The van der Waals surface area contributed by atoms with Gasteiger partial charge in [-0.3, -0.25) is 13.9 Å². The highest BCUT2D eigenvalue weighted by Gasteiger charge is 2.32. The van der Waals surface area contributed by atoms with E-state index in [1.54, 1.807) is 61.5 Å². The standard InChI is InChI=1S/C30H36ClN3O4S/c1-6-23(4)32-30(36)24(5)33(19-25-12-14-26(31)15-13-25)29(35)20-34(27-17-21(2)16-22(3)18-27)39(37,38)28-10-8-7-9-11-28/h7-18,23-24H,6,19-20H2,1-5H3,(H,32,36)/t23-,24+/m0/s1. The number of benzene rings is 3. The Balaban J connectivity index is 2.04. The first-order chi connectivity index (χ1) is 18.4. The van der Waals surface area contributed by atoms with Gasteiger partial charge in [-0.1, -0.05) is 54.9 Å². The molecule has 0 spiro atoms. The topological polar surface area (TPSA) is 86.8 Å². The van der Waals surface area contributed by atoms with Gasteiger partial charge in [0.1, 0.15) is 12.6 Å². The number of anilines is 1. The van der Waals surface area contributed by atoms with Crippen molar-refractivity contribution in [2.24, 2.45) is 0 Å². The minimum atomic E-state index is -4.10. The Kier molecular flexibility index (Phi) is 10.2. The van der Waals surface area contributed by atoms with Gasteiger partial charge in [-0.15, -0.1) is 0 Å². The molecule has 9 heteroatoms. The van der Waals surface area contributed by atoms with Gasteiger partial charge in [0, 0.05) is 17.6 Å². The Morgan fingerprint density at radius 1 is 0.923 bits per heavy atom. The minimum Gasteiger partial charge on any atom is -0.352 e. The molecule has 0 saturated carbocycles. The Bertz CT molecular complexity index is 1380. The molecule has 0 aliphatic rings. The Hall–Kier alpha value is -3.36. The van der Waals surface area contributed by atoms with Crippen molar-refractivity contribution < 1.29 is 18.0 Å². The number of halogens is 1. The predicted molar refractivity (Wildman–Crippen MR) is 156 cm³/mol. The maximum Gasteiger partial charge on any atom is 0.264 e. The molecule has 3 aromatic carbocycles. The van der Waals surface area contributed by atoms with Crippen molar-refractivity contribution in [2.75, 3.05) is 10.8 Å². The number of hydrogen-bond donors (Lipinski definition) is 1. The second-order valence-corrected chi connectivity index (χ2v) is 12.1. The zero-order valence-corrected chi connectivity index (χ0v) is 24.6. The Labute approximate surface area is 236 Å². The molecule has 0 fully saturated rings. The average molecular weight is 570 g/mol. The molecule has 7 nitrogen and oxygen atoms in total. The highest BCUT2D eigenvalue weighted by molar-refractivity contribution is 7.92. The largest absolute Gasteiger partial charge is 0.352 e. The SMILES string of the molecule is CC[C@H](C)NC(=O)[C@@H](C)N(Cc1ccc(Cl)cc1)C(=O)CN(c1cc(C)cc(C)c1)S(=O)(=O)c1ccccc1.